The van der Waals surface area contributed by atoms with E-state index in [1.807, 2.05) is 0 Å². The second-order valence-electron chi connectivity index (χ2n) is 3.36. The summed E-state index contributed by atoms with van der Waals surface area (Å²) in [6.07, 6.45) is 0.771. The molecule has 0 aliphatic carbocycles. The first-order valence-corrected chi connectivity index (χ1v) is 3.12. The minimum atomic E-state index is -0.728. The Balaban J connectivity index is 3.39. The van der Waals surface area contributed by atoms with Gasteiger partial charge in [0.25, 0.3) is 0 Å². The standard InChI is InChI=1S/C7H15O/c1-6(2)5-7(3,4)8/h6H,5H2,1-4H3/q-1. The SMILES string of the molecule is CC(C)CC(C)(C)[O-]. The lowest BCUT2D eigenvalue weighted by Gasteiger charge is -2.33. The third-order valence-corrected chi connectivity index (χ3v) is 0.900. The summed E-state index contributed by atoms with van der Waals surface area (Å²) in [4.78, 5) is 0. The highest BCUT2D eigenvalue weighted by Crippen LogP contribution is 2.10. The van der Waals surface area contributed by atoms with Crippen LogP contribution in [0.4, 0.5) is 0 Å². The zero-order valence-corrected chi connectivity index (χ0v) is 6.19. The molecule has 0 amide bonds. The van der Waals surface area contributed by atoms with Crippen LogP contribution >= 0.6 is 0 Å². The molecule has 0 fully saturated rings. The summed E-state index contributed by atoms with van der Waals surface area (Å²) in [5.41, 5.74) is -0.728. The first-order valence-electron chi connectivity index (χ1n) is 3.12. The van der Waals surface area contributed by atoms with Crippen LogP contribution < -0.4 is 5.11 Å². The third kappa shape index (κ3) is 5.96. The molecule has 1 nitrogen and oxygen atoms in total. The molecule has 0 spiro atoms. The van der Waals surface area contributed by atoms with Crippen LogP contribution in [0.2, 0.25) is 0 Å². The molecule has 0 aromatic heterocycles. The van der Waals surface area contributed by atoms with Crippen LogP contribution in [-0.4, -0.2) is 5.60 Å². The Hall–Kier alpha value is -0.0400. The van der Waals surface area contributed by atoms with Crippen molar-refractivity contribution >= 4 is 0 Å². The van der Waals surface area contributed by atoms with Crippen LogP contribution in [0.5, 0.6) is 0 Å². The maximum absolute atomic E-state index is 10.9. The van der Waals surface area contributed by atoms with E-state index >= 15 is 0 Å². The van der Waals surface area contributed by atoms with Gasteiger partial charge in [-0.1, -0.05) is 34.1 Å². The van der Waals surface area contributed by atoms with E-state index in [0.29, 0.717) is 5.92 Å². The molecule has 50 valence electrons. The highest BCUT2D eigenvalue weighted by atomic mass is 16.3. The maximum Gasteiger partial charge on any atom is -0.0479 e. The van der Waals surface area contributed by atoms with Crippen molar-refractivity contribution in [2.24, 2.45) is 5.92 Å². The monoisotopic (exact) mass is 115 g/mol. The fourth-order valence-electron chi connectivity index (χ4n) is 0.983. The minimum Gasteiger partial charge on any atom is -0.850 e. The highest BCUT2D eigenvalue weighted by molar-refractivity contribution is 4.64. The van der Waals surface area contributed by atoms with E-state index in [4.69, 9.17) is 0 Å². The lowest BCUT2D eigenvalue weighted by atomic mass is 9.97. The third-order valence-electron chi connectivity index (χ3n) is 0.900. The Kier molecular flexibility index (Phi) is 2.48. The minimum absolute atomic E-state index is 0.530. The largest absolute Gasteiger partial charge is 0.850 e. The molecular weight excluding hydrogens is 100 g/mol. The Morgan fingerprint density at radius 2 is 1.75 bits per heavy atom. The smallest absolute Gasteiger partial charge is 0.0479 e. The normalized spacial score (nSPS) is 12.8. The van der Waals surface area contributed by atoms with Crippen LogP contribution in [0.3, 0.4) is 0 Å². The zero-order valence-electron chi connectivity index (χ0n) is 6.19. The molecule has 8 heavy (non-hydrogen) atoms. The van der Waals surface area contributed by atoms with E-state index in [0.717, 1.165) is 6.42 Å². The summed E-state index contributed by atoms with van der Waals surface area (Å²) in [5.74, 6) is 0.530. The molecule has 0 saturated carbocycles. The molecule has 0 radical (unpaired) electrons. The summed E-state index contributed by atoms with van der Waals surface area (Å²) in [6.45, 7) is 7.60. The highest BCUT2D eigenvalue weighted by Gasteiger charge is 2.03. The number of rotatable bonds is 2. The van der Waals surface area contributed by atoms with E-state index in [-0.39, 0.29) is 0 Å². The van der Waals surface area contributed by atoms with Crippen LogP contribution in [0.25, 0.3) is 0 Å². The molecule has 1 heteroatoms. The fraction of sp³-hybridized carbons (Fsp3) is 1.00. The predicted molar refractivity (Wildman–Crippen MR) is 33.5 cm³/mol. The van der Waals surface area contributed by atoms with Gasteiger partial charge in [0.15, 0.2) is 0 Å². The van der Waals surface area contributed by atoms with Crippen molar-refractivity contribution in [1.29, 1.82) is 0 Å². The van der Waals surface area contributed by atoms with E-state index < -0.39 is 5.60 Å². The van der Waals surface area contributed by atoms with Crippen molar-refractivity contribution in [2.45, 2.75) is 39.7 Å². The summed E-state index contributed by atoms with van der Waals surface area (Å²) in [6, 6.07) is 0. The molecular formula is C7H15O-. The summed E-state index contributed by atoms with van der Waals surface area (Å²) in [5, 5.41) is 10.9. The first kappa shape index (κ1) is 7.96. The lowest BCUT2D eigenvalue weighted by Crippen LogP contribution is -2.37. The predicted octanol–water partition coefficient (Wildman–Crippen LogP) is 1.17. The van der Waals surface area contributed by atoms with Gasteiger partial charge in [0.1, 0.15) is 0 Å². The van der Waals surface area contributed by atoms with Gasteiger partial charge in [-0.2, -0.15) is 0 Å². The summed E-state index contributed by atoms with van der Waals surface area (Å²) in [7, 11) is 0. The van der Waals surface area contributed by atoms with Gasteiger partial charge in [-0.3, -0.25) is 0 Å². The van der Waals surface area contributed by atoms with Crippen molar-refractivity contribution in [3.63, 3.8) is 0 Å². The zero-order chi connectivity index (χ0) is 6.78. The van der Waals surface area contributed by atoms with Gasteiger partial charge >= 0.3 is 0 Å². The average Bonchev–Trinajstić information content (AvgIpc) is 1.21. The topological polar surface area (TPSA) is 23.1 Å². The van der Waals surface area contributed by atoms with Crippen molar-refractivity contribution < 1.29 is 5.11 Å². The van der Waals surface area contributed by atoms with Gasteiger partial charge < -0.3 is 5.11 Å². The van der Waals surface area contributed by atoms with Gasteiger partial charge in [0.2, 0.25) is 0 Å². The molecule has 0 N–H and O–H groups in total. The van der Waals surface area contributed by atoms with Gasteiger partial charge in [-0.15, -0.1) is 5.60 Å². The second kappa shape index (κ2) is 2.49. The molecule has 0 heterocycles. The summed E-state index contributed by atoms with van der Waals surface area (Å²) < 4.78 is 0. The molecule has 0 atom stereocenters. The molecule has 0 saturated heterocycles. The van der Waals surface area contributed by atoms with Crippen LogP contribution in [0.1, 0.15) is 34.1 Å². The van der Waals surface area contributed by atoms with E-state index in [1.165, 1.54) is 0 Å². The van der Waals surface area contributed by atoms with Crippen LogP contribution in [0, 0.1) is 5.92 Å². The van der Waals surface area contributed by atoms with Crippen molar-refractivity contribution in [3.8, 4) is 0 Å². The van der Waals surface area contributed by atoms with Gasteiger partial charge in [0, 0.05) is 0 Å². The number of hydrogen-bond donors (Lipinski definition) is 0. The second-order valence-corrected chi connectivity index (χ2v) is 3.36. The van der Waals surface area contributed by atoms with E-state index in [9.17, 15) is 5.11 Å². The Labute approximate surface area is 51.7 Å². The maximum atomic E-state index is 10.9. The van der Waals surface area contributed by atoms with Crippen LogP contribution in [0.15, 0.2) is 0 Å². The molecule has 0 bridgehead atoms. The first-order chi connectivity index (χ1) is 3.42. The van der Waals surface area contributed by atoms with Gasteiger partial charge in [-0.25, -0.2) is 0 Å². The van der Waals surface area contributed by atoms with Crippen molar-refractivity contribution in [1.82, 2.24) is 0 Å². The average molecular weight is 115 g/mol. The van der Waals surface area contributed by atoms with Crippen molar-refractivity contribution in [2.75, 3.05) is 0 Å². The molecule has 0 aliphatic heterocycles. The number of hydrogen-bond acceptors (Lipinski definition) is 1. The molecule has 0 rings (SSSR count). The van der Waals surface area contributed by atoms with E-state index in [2.05, 4.69) is 13.8 Å². The Bertz CT molecular complexity index is 59.3. The molecule has 0 aromatic carbocycles. The van der Waals surface area contributed by atoms with Crippen molar-refractivity contribution in [3.05, 3.63) is 0 Å². The summed E-state index contributed by atoms with van der Waals surface area (Å²) >= 11 is 0. The molecule has 0 aromatic rings. The van der Waals surface area contributed by atoms with E-state index in [1.54, 1.807) is 13.8 Å². The fourth-order valence-corrected chi connectivity index (χ4v) is 0.983. The quantitative estimate of drug-likeness (QED) is 0.530. The lowest BCUT2D eigenvalue weighted by molar-refractivity contribution is -0.468. The van der Waals surface area contributed by atoms with Gasteiger partial charge in [0.05, 0.1) is 0 Å². The molecule has 0 unspecified atom stereocenters. The Morgan fingerprint density at radius 3 is 1.75 bits per heavy atom. The molecule has 0 aliphatic rings. The van der Waals surface area contributed by atoms with Gasteiger partial charge in [-0.05, 0) is 5.92 Å². The Morgan fingerprint density at radius 1 is 1.38 bits per heavy atom. The van der Waals surface area contributed by atoms with Crippen LogP contribution in [-0.2, 0) is 0 Å².